The number of aliphatic imine (C=N–C) groups is 1. The molecule has 1 saturated heterocycles. The average molecular weight is 291 g/mol. The zero-order valence-electron chi connectivity index (χ0n) is 12.2. The van der Waals surface area contributed by atoms with Crippen molar-refractivity contribution in [1.82, 2.24) is 9.80 Å². The van der Waals surface area contributed by atoms with Gasteiger partial charge >= 0.3 is 0 Å². The maximum absolute atomic E-state index is 12.1. The molecule has 1 rings (SSSR count). The van der Waals surface area contributed by atoms with Crippen LogP contribution in [0.2, 0.25) is 0 Å². The molecule has 1 amide bonds. The summed E-state index contributed by atoms with van der Waals surface area (Å²) >= 11 is 0. The lowest BCUT2D eigenvalue weighted by Gasteiger charge is -2.23. The summed E-state index contributed by atoms with van der Waals surface area (Å²) in [7, 11) is 1.52. The third-order valence-electron chi connectivity index (χ3n) is 3.44. The first-order valence-electron chi connectivity index (χ1n) is 6.90. The molecule has 1 aliphatic heterocycles. The molecule has 1 fully saturated rings. The Kier molecular flexibility index (Phi) is 6.44. The molecule has 114 valence electrons. The van der Waals surface area contributed by atoms with Crippen LogP contribution in [0.4, 0.5) is 0 Å². The standard InChI is InChI=1S/C13H21N7O/c1-19(9-15)13(17)18-6-2-5-11(16)12(21)20-7-3-4-10(20)8-14/h10-11H,2-7,16H2,1H3,(H2,17,18)/t10-,11-/m0/s1. The van der Waals surface area contributed by atoms with Gasteiger partial charge in [-0.2, -0.15) is 10.5 Å². The van der Waals surface area contributed by atoms with Crippen molar-refractivity contribution < 1.29 is 4.79 Å². The Morgan fingerprint density at radius 3 is 2.90 bits per heavy atom. The number of hydrogen-bond donors (Lipinski definition) is 2. The highest BCUT2D eigenvalue weighted by molar-refractivity contribution is 5.82. The van der Waals surface area contributed by atoms with E-state index in [-0.39, 0.29) is 17.9 Å². The second-order valence-electron chi connectivity index (χ2n) is 4.97. The van der Waals surface area contributed by atoms with Crippen LogP contribution in [0, 0.1) is 22.8 Å². The van der Waals surface area contributed by atoms with E-state index in [1.807, 2.05) is 6.19 Å². The number of hydrogen-bond acceptors (Lipinski definition) is 5. The van der Waals surface area contributed by atoms with Gasteiger partial charge in [0.05, 0.1) is 12.1 Å². The molecule has 0 aliphatic carbocycles. The molecule has 0 saturated carbocycles. The van der Waals surface area contributed by atoms with Gasteiger partial charge in [-0.05, 0) is 25.7 Å². The van der Waals surface area contributed by atoms with Gasteiger partial charge in [-0.3, -0.25) is 14.7 Å². The zero-order chi connectivity index (χ0) is 15.8. The van der Waals surface area contributed by atoms with E-state index in [0.717, 1.165) is 17.7 Å². The molecule has 2 atom stereocenters. The smallest absolute Gasteiger partial charge is 0.240 e. The van der Waals surface area contributed by atoms with Crippen LogP contribution in [0.25, 0.3) is 0 Å². The molecule has 0 aromatic rings. The molecule has 1 aliphatic rings. The number of rotatable bonds is 5. The fourth-order valence-electron chi connectivity index (χ4n) is 2.16. The Labute approximate surface area is 124 Å². The highest BCUT2D eigenvalue weighted by Crippen LogP contribution is 2.17. The van der Waals surface area contributed by atoms with Crippen molar-refractivity contribution in [2.45, 2.75) is 37.8 Å². The van der Waals surface area contributed by atoms with Crippen LogP contribution in [0.3, 0.4) is 0 Å². The van der Waals surface area contributed by atoms with E-state index in [1.54, 1.807) is 4.90 Å². The van der Waals surface area contributed by atoms with Crippen molar-refractivity contribution in [3.05, 3.63) is 0 Å². The predicted octanol–water partition coefficient (Wildman–Crippen LogP) is -0.664. The van der Waals surface area contributed by atoms with Gasteiger partial charge in [0.25, 0.3) is 0 Å². The molecule has 0 aromatic heterocycles. The first-order valence-corrected chi connectivity index (χ1v) is 6.90. The zero-order valence-corrected chi connectivity index (χ0v) is 12.2. The third-order valence-corrected chi connectivity index (χ3v) is 3.44. The number of likely N-dealkylation sites (tertiary alicyclic amines) is 1. The van der Waals surface area contributed by atoms with Crippen molar-refractivity contribution in [3.8, 4) is 12.3 Å². The Morgan fingerprint density at radius 2 is 2.29 bits per heavy atom. The van der Waals surface area contributed by atoms with Crippen molar-refractivity contribution >= 4 is 11.9 Å². The second-order valence-corrected chi connectivity index (χ2v) is 4.97. The number of guanidine groups is 1. The first-order chi connectivity index (χ1) is 10.0. The fourth-order valence-corrected chi connectivity index (χ4v) is 2.16. The summed E-state index contributed by atoms with van der Waals surface area (Å²) < 4.78 is 0. The molecular weight excluding hydrogens is 270 g/mol. The minimum absolute atomic E-state index is 0.140. The first kappa shape index (κ1) is 16.7. The van der Waals surface area contributed by atoms with Crippen molar-refractivity contribution in [1.29, 1.82) is 10.5 Å². The van der Waals surface area contributed by atoms with E-state index in [1.165, 1.54) is 7.05 Å². The van der Waals surface area contributed by atoms with Gasteiger partial charge < -0.3 is 16.4 Å². The van der Waals surface area contributed by atoms with Crippen LogP contribution in [-0.2, 0) is 4.79 Å². The van der Waals surface area contributed by atoms with E-state index < -0.39 is 6.04 Å². The highest BCUT2D eigenvalue weighted by atomic mass is 16.2. The molecule has 0 unspecified atom stereocenters. The van der Waals surface area contributed by atoms with Crippen molar-refractivity contribution in [3.63, 3.8) is 0 Å². The minimum Gasteiger partial charge on any atom is -0.369 e. The maximum atomic E-state index is 12.1. The number of carbonyl (C=O) groups is 1. The highest BCUT2D eigenvalue weighted by Gasteiger charge is 2.31. The van der Waals surface area contributed by atoms with E-state index in [2.05, 4.69) is 11.1 Å². The lowest BCUT2D eigenvalue weighted by atomic mass is 10.1. The van der Waals surface area contributed by atoms with E-state index in [4.69, 9.17) is 22.0 Å². The number of nitrogens with two attached hydrogens (primary N) is 2. The van der Waals surface area contributed by atoms with Gasteiger partial charge in [0.1, 0.15) is 6.04 Å². The maximum Gasteiger partial charge on any atom is 0.240 e. The van der Waals surface area contributed by atoms with Gasteiger partial charge in [-0.25, -0.2) is 0 Å². The van der Waals surface area contributed by atoms with Gasteiger partial charge in [-0.15, -0.1) is 0 Å². The SMILES string of the molecule is CN(C#N)C(N)=NCCC[C@H](N)C(=O)N1CCC[C@H]1C#N. The minimum atomic E-state index is -0.621. The monoisotopic (exact) mass is 291 g/mol. The quantitative estimate of drug-likeness (QED) is 0.227. The van der Waals surface area contributed by atoms with Crippen LogP contribution in [0.1, 0.15) is 25.7 Å². The third kappa shape index (κ3) is 4.62. The molecule has 8 nitrogen and oxygen atoms in total. The molecule has 1 heterocycles. The molecule has 0 bridgehead atoms. The van der Waals surface area contributed by atoms with Gasteiger partial charge in [0.2, 0.25) is 11.9 Å². The van der Waals surface area contributed by atoms with E-state index in [9.17, 15) is 4.79 Å². The van der Waals surface area contributed by atoms with Crippen molar-refractivity contribution in [2.75, 3.05) is 20.1 Å². The van der Waals surface area contributed by atoms with Gasteiger partial charge in [0.15, 0.2) is 6.19 Å². The number of amides is 1. The molecule has 4 N–H and O–H groups in total. The summed E-state index contributed by atoms with van der Waals surface area (Å²) in [4.78, 5) is 18.9. The molecule has 0 aromatic carbocycles. The number of nitrogens with zero attached hydrogens (tertiary/aromatic N) is 5. The normalized spacial score (nSPS) is 19.7. The van der Waals surface area contributed by atoms with Crippen LogP contribution in [0.5, 0.6) is 0 Å². The summed E-state index contributed by atoms with van der Waals surface area (Å²) in [6.07, 6.45) is 4.47. The average Bonchev–Trinajstić information content (AvgIpc) is 2.97. The summed E-state index contributed by atoms with van der Waals surface area (Å²) in [5.74, 6) is -0.0355. The topological polar surface area (TPSA) is 136 Å². The number of nitriles is 2. The summed E-state index contributed by atoms with van der Waals surface area (Å²) in [5.41, 5.74) is 11.4. The van der Waals surface area contributed by atoms with Crippen LogP contribution in [0.15, 0.2) is 4.99 Å². The largest absolute Gasteiger partial charge is 0.369 e. The van der Waals surface area contributed by atoms with E-state index in [0.29, 0.717) is 25.9 Å². The summed E-state index contributed by atoms with van der Waals surface area (Å²) in [6.45, 7) is 1.00. The second kappa shape index (κ2) is 8.08. The van der Waals surface area contributed by atoms with Crippen LogP contribution in [-0.4, -0.2) is 53.9 Å². The van der Waals surface area contributed by atoms with Crippen LogP contribution < -0.4 is 11.5 Å². The molecule has 0 radical (unpaired) electrons. The molecule has 21 heavy (non-hydrogen) atoms. The molecular formula is C13H21N7O. The van der Waals surface area contributed by atoms with Gasteiger partial charge in [-0.1, -0.05) is 0 Å². The Hall–Kier alpha value is -2.32. The summed E-state index contributed by atoms with van der Waals surface area (Å²) in [6, 6.07) is 1.16. The predicted molar refractivity (Wildman–Crippen MR) is 77.4 cm³/mol. The lowest BCUT2D eigenvalue weighted by Crippen LogP contribution is -2.45. The fraction of sp³-hybridized carbons (Fsp3) is 0.692. The van der Waals surface area contributed by atoms with Crippen molar-refractivity contribution in [2.24, 2.45) is 16.5 Å². The Bertz CT molecular complexity index is 476. The summed E-state index contributed by atoms with van der Waals surface area (Å²) in [5, 5.41) is 17.6. The Morgan fingerprint density at radius 1 is 1.57 bits per heavy atom. The van der Waals surface area contributed by atoms with Gasteiger partial charge in [0, 0.05) is 20.1 Å². The Balaban J connectivity index is 2.37. The molecule has 0 spiro atoms. The van der Waals surface area contributed by atoms with Crippen LogP contribution >= 0.6 is 0 Å². The molecule has 8 heteroatoms. The lowest BCUT2D eigenvalue weighted by molar-refractivity contribution is -0.132. The van der Waals surface area contributed by atoms with E-state index >= 15 is 0 Å². The number of carbonyl (C=O) groups excluding carboxylic acids is 1.